The van der Waals surface area contributed by atoms with E-state index in [1.165, 1.54) is 6.20 Å². The van der Waals surface area contributed by atoms with Gasteiger partial charge in [-0.05, 0) is 31.0 Å². The van der Waals surface area contributed by atoms with Crippen LogP contribution in [0.1, 0.15) is 30.1 Å². The SMILES string of the molecule is CCCN(C(=O)c1cnn(-c2cccc(Cl)c2)c1)C1CCS(=O)(=O)C1. The average Bonchev–Trinajstić information content (AvgIpc) is 3.19. The Morgan fingerprint density at radius 1 is 1.44 bits per heavy atom. The molecule has 3 rings (SSSR count). The number of sulfone groups is 1. The highest BCUT2D eigenvalue weighted by Gasteiger charge is 2.34. The van der Waals surface area contributed by atoms with Gasteiger partial charge in [-0.3, -0.25) is 4.79 Å². The summed E-state index contributed by atoms with van der Waals surface area (Å²) in [7, 11) is -3.05. The molecule has 1 unspecified atom stereocenters. The van der Waals surface area contributed by atoms with Crippen LogP contribution in [0.15, 0.2) is 36.7 Å². The number of hydrogen-bond acceptors (Lipinski definition) is 4. The van der Waals surface area contributed by atoms with Gasteiger partial charge in [0.1, 0.15) is 0 Å². The van der Waals surface area contributed by atoms with Gasteiger partial charge in [-0.1, -0.05) is 24.6 Å². The van der Waals surface area contributed by atoms with E-state index in [9.17, 15) is 13.2 Å². The lowest BCUT2D eigenvalue weighted by atomic mass is 10.2. The Hall–Kier alpha value is -1.86. The van der Waals surface area contributed by atoms with Gasteiger partial charge in [-0.25, -0.2) is 13.1 Å². The third kappa shape index (κ3) is 4.04. The van der Waals surface area contributed by atoms with Gasteiger partial charge in [-0.15, -0.1) is 0 Å². The number of hydrogen-bond donors (Lipinski definition) is 0. The normalized spacial score (nSPS) is 19.0. The van der Waals surface area contributed by atoms with E-state index in [1.807, 2.05) is 19.1 Å². The smallest absolute Gasteiger partial charge is 0.257 e. The number of halogens is 1. The molecule has 25 heavy (non-hydrogen) atoms. The largest absolute Gasteiger partial charge is 0.335 e. The van der Waals surface area contributed by atoms with Crippen LogP contribution in [0, 0.1) is 0 Å². The molecular weight excluding hydrogens is 362 g/mol. The summed E-state index contributed by atoms with van der Waals surface area (Å²) in [5.74, 6) is 0.00548. The van der Waals surface area contributed by atoms with Crippen molar-refractivity contribution in [2.45, 2.75) is 25.8 Å². The van der Waals surface area contributed by atoms with Crippen molar-refractivity contribution >= 4 is 27.3 Å². The predicted molar refractivity (Wildman–Crippen MR) is 97.0 cm³/mol. The Bertz CT molecular complexity index is 879. The lowest BCUT2D eigenvalue weighted by Gasteiger charge is -2.27. The standard InChI is InChI=1S/C17H20ClN3O3S/c1-2-7-20(16-6-8-25(23,24)12-16)17(22)13-10-19-21(11-13)15-5-3-4-14(18)9-15/h3-5,9-11,16H,2,6-8,12H2,1H3. The molecule has 2 heterocycles. The molecule has 1 saturated heterocycles. The summed E-state index contributed by atoms with van der Waals surface area (Å²) in [6.45, 7) is 2.50. The number of carbonyl (C=O) groups is 1. The van der Waals surface area contributed by atoms with Crippen molar-refractivity contribution in [2.75, 3.05) is 18.1 Å². The fraction of sp³-hybridized carbons (Fsp3) is 0.412. The average molecular weight is 382 g/mol. The summed E-state index contributed by atoms with van der Waals surface area (Å²) in [5.41, 5.74) is 1.20. The quantitative estimate of drug-likeness (QED) is 0.797. The number of nitrogens with zero attached hydrogens (tertiary/aromatic N) is 3. The molecule has 1 fully saturated rings. The lowest BCUT2D eigenvalue weighted by Crippen LogP contribution is -2.41. The van der Waals surface area contributed by atoms with Crippen LogP contribution in [0.25, 0.3) is 5.69 Å². The lowest BCUT2D eigenvalue weighted by molar-refractivity contribution is 0.0697. The molecule has 1 aromatic carbocycles. The first kappa shape index (κ1) is 17.9. The second kappa shape index (κ2) is 7.17. The zero-order chi connectivity index (χ0) is 18.0. The maximum atomic E-state index is 12.9. The van der Waals surface area contributed by atoms with E-state index in [2.05, 4.69) is 5.10 Å². The van der Waals surface area contributed by atoms with Crippen LogP contribution in [0.4, 0.5) is 0 Å². The Labute approximate surface area is 152 Å². The van der Waals surface area contributed by atoms with Crippen molar-refractivity contribution < 1.29 is 13.2 Å². The van der Waals surface area contributed by atoms with Gasteiger partial charge in [0.25, 0.3) is 5.91 Å². The van der Waals surface area contributed by atoms with Gasteiger partial charge < -0.3 is 4.90 Å². The van der Waals surface area contributed by atoms with Crippen molar-refractivity contribution in [2.24, 2.45) is 0 Å². The number of benzene rings is 1. The number of aromatic nitrogens is 2. The van der Waals surface area contributed by atoms with Crippen molar-refractivity contribution in [1.29, 1.82) is 0 Å². The number of rotatable bonds is 5. The molecule has 0 spiro atoms. The van der Waals surface area contributed by atoms with E-state index in [-0.39, 0.29) is 23.5 Å². The first-order valence-corrected chi connectivity index (χ1v) is 10.4. The van der Waals surface area contributed by atoms with Crippen LogP contribution in [-0.4, -0.2) is 53.1 Å². The minimum absolute atomic E-state index is 0.0428. The maximum Gasteiger partial charge on any atom is 0.257 e. The molecule has 0 bridgehead atoms. The van der Waals surface area contributed by atoms with Gasteiger partial charge in [-0.2, -0.15) is 5.10 Å². The molecular formula is C17H20ClN3O3S. The first-order chi connectivity index (χ1) is 11.9. The molecule has 0 saturated carbocycles. The minimum Gasteiger partial charge on any atom is -0.335 e. The molecule has 6 nitrogen and oxygen atoms in total. The molecule has 1 atom stereocenters. The highest BCUT2D eigenvalue weighted by atomic mass is 35.5. The highest BCUT2D eigenvalue weighted by molar-refractivity contribution is 7.91. The van der Waals surface area contributed by atoms with E-state index in [1.54, 1.807) is 27.9 Å². The van der Waals surface area contributed by atoms with Crippen LogP contribution in [0.2, 0.25) is 5.02 Å². The van der Waals surface area contributed by atoms with Crippen LogP contribution < -0.4 is 0 Å². The zero-order valence-corrected chi connectivity index (χ0v) is 15.5. The Balaban J connectivity index is 1.83. The van der Waals surface area contributed by atoms with E-state index in [0.29, 0.717) is 23.6 Å². The van der Waals surface area contributed by atoms with E-state index in [4.69, 9.17) is 11.6 Å². The summed E-state index contributed by atoms with van der Waals surface area (Å²) in [4.78, 5) is 14.6. The second-order valence-corrected chi connectivity index (χ2v) is 8.87. The summed E-state index contributed by atoms with van der Waals surface area (Å²) in [6, 6.07) is 6.93. The molecule has 1 aliphatic heterocycles. The van der Waals surface area contributed by atoms with Crippen LogP contribution in [-0.2, 0) is 9.84 Å². The maximum absolute atomic E-state index is 12.9. The first-order valence-electron chi connectivity index (χ1n) is 8.21. The van der Waals surface area contributed by atoms with E-state index < -0.39 is 9.84 Å². The fourth-order valence-electron chi connectivity index (χ4n) is 3.07. The van der Waals surface area contributed by atoms with Crippen LogP contribution in [0.5, 0.6) is 0 Å². The Morgan fingerprint density at radius 3 is 2.88 bits per heavy atom. The van der Waals surface area contributed by atoms with Gasteiger partial charge in [0.15, 0.2) is 9.84 Å². The second-order valence-electron chi connectivity index (χ2n) is 6.21. The molecule has 134 valence electrons. The third-order valence-electron chi connectivity index (χ3n) is 4.28. The summed E-state index contributed by atoms with van der Waals surface area (Å²) in [5, 5.41) is 4.83. The fourth-order valence-corrected chi connectivity index (χ4v) is 4.99. The molecule has 0 N–H and O–H groups in total. The minimum atomic E-state index is -3.05. The monoisotopic (exact) mass is 381 g/mol. The molecule has 0 aliphatic carbocycles. The molecule has 1 amide bonds. The molecule has 2 aromatic rings. The van der Waals surface area contributed by atoms with Gasteiger partial charge in [0, 0.05) is 23.8 Å². The molecule has 1 aliphatic rings. The summed E-state index contributed by atoms with van der Waals surface area (Å²) >= 11 is 6.00. The number of amides is 1. The van der Waals surface area contributed by atoms with Crippen LogP contribution >= 0.6 is 11.6 Å². The van der Waals surface area contributed by atoms with Crippen molar-refractivity contribution in [3.63, 3.8) is 0 Å². The Morgan fingerprint density at radius 2 is 2.24 bits per heavy atom. The number of carbonyl (C=O) groups excluding carboxylic acids is 1. The molecule has 0 radical (unpaired) electrons. The predicted octanol–water partition coefficient (Wildman–Crippen LogP) is 2.57. The van der Waals surface area contributed by atoms with Crippen molar-refractivity contribution in [1.82, 2.24) is 14.7 Å². The topological polar surface area (TPSA) is 72.3 Å². The van der Waals surface area contributed by atoms with E-state index in [0.717, 1.165) is 12.1 Å². The van der Waals surface area contributed by atoms with Gasteiger partial charge >= 0.3 is 0 Å². The Kier molecular flexibility index (Phi) is 5.15. The highest BCUT2D eigenvalue weighted by Crippen LogP contribution is 2.21. The summed E-state index contributed by atoms with van der Waals surface area (Å²) < 4.78 is 25.1. The van der Waals surface area contributed by atoms with E-state index >= 15 is 0 Å². The summed E-state index contributed by atoms with van der Waals surface area (Å²) in [6.07, 6.45) is 4.43. The van der Waals surface area contributed by atoms with Gasteiger partial charge in [0.05, 0.1) is 29.0 Å². The van der Waals surface area contributed by atoms with Crippen LogP contribution in [0.3, 0.4) is 0 Å². The van der Waals surface area contributed by atoms with Gasteiger partial charge in [0.2, 0.25) is 0 Å². The van der Waals surface area contributed by atoms with Crippen molar-refractivity contribution in [3.05, 3.63) is 47.2 Å². The third-order valence-corrected chi connectivity index (χ3v) is 6.26. The molecule has 1 aromatic heterocycles. The zero-order valence-electron chi connectivity index (χ0n) is 13.9. The molecule has 8 heteroatoms. The van der Waals surface area contributed by atoms with Crippen molar-refractivity contribution in [3.8, 4) is 5.69 Å².